The molecule has 5 rings (SSSR count). The van der Waals surface area contributed by atoms with Crippen LogP contribution in [-0.4, -0.2) is 26.3 Å². The predicted molar refractivity (Wildman–Crippen MR) is 122 cm³/mol. The second-order valence-corrected chi connectivity index (χ2v) is 7.57. The fourth-order valence-corrected chi connectivity index (χ4v) is 3.89. The number of hydrogen-bond acceptors (Lipinski definition) is 5. The molecule has 158 valence electrons. The number of hydrogen-bond donors (Lipinski definition) is 3. The number of carbonyl (C=O) groups is 1. The van der Waals surface area contributed by atoms with Crippen molar-refractivity contribution in [3.63, 3.8) is 0 Å². The number of carbonyl (C=O) groups excluding carboxylic acids is 1. The molecule has 0 aliphatic carbocycles. The maximum Gasteiger partial charge on any atom is 0.412 e. The average molecular weight is 425 g/mol. The lowest BCUT2D eigenvalue weighted by Crippen LogP contribution is -2.16. The van der Waals surface area contributed by atoms with Crippen molar-refractivity contribution in [2.24, 2.45) is 5.73 Å². The first-order valence-electron chi connectivity index (χ1n) is 10.0. The minimum Gasteiger partial charge on any atom is -0.376 e. The van der Waals surface area contributed by atoms with E-state index in [2.05, 4.69) is 38.4 Å². The summed E-state index contributed by atoms with van der Waals surface area (Å²) in [4.78, 5) is 30.2. The molecule has 0 radical (unpaired) electrons. The van der Waals surface area contributed by atoms with Gasteiger partial charge in [-0.25, -0.2) is 9.89 Å². The van der Waals surface area contributed by atoms with E-state index in [1.807, 2.05) is 43.3 Å². The highest BCUT2D eigenvalue weighted by molar-refractivity contribution is 5.85. The van der Waals surface area contributed by atoms with Gasteiger partial charge in [0, 0.05) is 11.8 Å². The van der Waals surface area contributed by atoms with E-state index in [4.69, 9.17) is 10.5 Å². The number of rotatable bonds is 4. The summed E-state index contributed by atoms with van der Waals surface area (Å²) in [5.41, 5.74) is 11.3. The summed E-state index contributed by atoms with van der Waals surface area (Å²) in [5.74, 6) is 0. The third kappa shape index (κ3) is 3.58. The lowest BCUT2D eigenvalue weighted by molar-refractivity contribution is 0.207. The maximum atomic E-state index is 12.1. The van der Waals surface area contributed by atoms with Gasteiger partial charge in [-0.05, 0) is 47.4 Å². The lowest BCUT2D eigenvalue weighted by Gasteiger charge is -2.10. The second kappa shape index (κ2) is 7.66. The highest BCUT2D eigenvalue weighted by Crippen LogP contribution is 2.29. The highest BCUT2D eigenvalue weighted by atomic mass is 16.6. The molecule has 0 saturated carbocycles. The summed E-state index contributed by atoms with van der Waals surface area (Å²) < 4.78 is 4.84. The van der Waals surface area contributed by atoms with Crippen LogP contribution < -0.4 is 16.0 Å². The number of nitrogens with one attached hydrogen (secondary N) is 2. The monoisotopic (exact) mass is 425 g/mol. The Kier molecular flexibility index (Phi) is 4.67. The number of aromatic nitrogens is 4. The van der Waals surface area contributed by atoms with Crippen LogP contribution in [0.25, 0.3) is 32.9 Å². The predicted octanol–water partition coefficient (Wildman–Crippen LogP) is 3.82. The first-order chi connectivity index (χ1) is 15.5. The van der Waals surface area contributed by atoms with Crippen LogP contribution in [0, 0.1) is 6.92 Å². The molecule has 3 aromatic carbocycles. The van der Waals surface area contributed by atoms with Gasteiger partial charge in [0.1, 0.15) is 0 Å². The molecule has 2 aromatic heterocycles. The molecule has 0 bridgehead atoms. The molecule has 0 aliphatic heterocycles. The Bertz CT molecular complexity index is 1550. The molecule has 1 amide bonds. The van der Waals surface area contributed by atoms with Crippen LogP contribution in [0.4, 0.5) is 4.79 Å². The number of nitrogens with two attached hydrogens (primary N) is 1. The maximum absolute atomic E-state index is 12.1. The standard InChI is InChI=1S/C24H19N5O3/c1-13-6-7-14(11-20-16-4-2-3-5-17(16)22(30)29-28-20)10-18(13)15-8-9-19-21(12-15)27-24(26-19)32-23(25)31/h2-10,12H,11H2,1H3,(H2,25,31)(H,26,27)(H,29,30). The van der Waals surface area contributed by atoms with Gasteiger partial charge in [-0.15, -0.1) is 0 Å². The fourth-order valence-electron chi connectivity index (χ4n) is 3.89. The van der Waals surface area contributed by atoms with E-state index in [-0.39, 0.29) is 11.6 Å². The Labute approximate surface area is 182 Å². The van der Waals surface area contributed by atoms with Crippen LogP contribution in [0.2, 0.25) is 0 Å². The first kappa shape index (κ1) is 19.5. The number of amides is 1. The summed E-state index contributed by atoms with van der Waals surface area (Å²) >= 11 is 0. The molecule has 4 N–H and O–H groups in total. The van der Waals surface area contributed by atoms with Crippen molar-refractivity contribution in [3.05, 3.63) is 87.8 Å². The Morgan fingerprint density at radius 2 is 1.88 bits per heavy atom. The van der Waals surface area contributed by atoms with Gasteiger partial charge in [0.15, 0.2) is 0 Å². The average Bonchev–Trinajstić information content (AvgIpc) is 3.18. The van der Waals surface area contributed by atoms with Gasteiger partial charge >= 0.3 is 12.1 Å². The van der Waals surface area contributed by atoms with E-state index in [1.165, 1.54) is 0 Å². The molecular formula is C24H19N5O3. The summed E-state index contributed by atoms with van der Waals surface area (Å²) in [6, 6.07) is 19.6. The zero-order chi connectivity index (χ0) is 22.2. The van der Waals surface area contributed by atoms with Gasteiger partial charge in [0.2, 0.25) is 0 Å². The molecule has 2 heterocycles. The van der Waals surface area contributed by atoms with Crippen molar-refractivity contribution in [1.82, 2.24) is 20.2 Å². The third-order valence-corrected chi connectivity index (χ3v) is 5.42. The Balaban J connectivity index is 1.53. The fraction of sp³-hybridized carbons (Fsp3) is 0.0833. The molecule has 0 aliphatic rings. The van der Waals surface area contributed by atoms with Gasteiger partial charge in [0.05, 0.1) is 22.1 Å². The molecule has 5 aromatic rings. The number of benzene rings is 3. The van der Waals surface area contributed by atoms with E-state index in [9.17, 15) is 9.59 Å². The number of ether oxygens (including phenoxy) is 1. The largest absolute Gasteiger partial charge is 0.412 e. The molecule has 0 spiro atoms. The topological polar surface area (TPSA) is 127 Å². The summed E-state index contributed by atoms with van der Waals surface area (Å²) in [6.07, 6.45) is -0.343. The zero-order valence-corrected chi connectivity index (χ0v) is 17.2. The van der Waals surface area contributed by atoms with Crippen LogP contribution in [0.1, 0.15) is 16.8 Å². The molecule has 8 heteroatoms. The number of primary amides is 1. The number of H-pyrrole nitrogens is 2. The highest BCUT2D eigenvalue weighted by Gasteiger charge is 2.11. The molecule has 0 unspecified atom stereocenters. The van der Waals surface area contributed by atoms with Gasteiger partial charge in [-0.3, -0.25) is 4.79 Å². The molecule has 8 nitrogen and oxygen atoms in total. The van der Waals surface area contributed by atoms with Crippen molar-refractivity contribution in [2.75, 3.05) is 0 Å². The van der Waals surface area contributed by atoms with Crippen molar-refractivity contribution in [1.29, 1.82) is 0 Å². The van der Waals surface area contributed by atoms with Crippen molar-refractivity contribution < 1.29 is 9.53 Å². The minimum absolute atomic E-state index is 0.0612. The summed E-state index contributed by atoms with van der Waals surface area (Å²) in [6.45, 7) is 2.05. The van der Waals surface area contributed by atoms with Crippen molar-refractivity contribution >= 4 is 27.9 Å². The van der Waals surface area contributed by atoms with Crippen molar-refractivity contribution in [2.45, 2.75) is 13.3 Å². The Morgan fingerprint density at radius 3 is 2.69 bits per heavy atom. The molecule has 0 fully saturated rings. The van der Waals surface area contributed by atoms with Crippen LogP contribution in [-0.2, 0) is 6.42 Å². The normalized spacial score (nSPS) is 11.2. The number of aromatic amines is 2. The Morgan fingerprint density at radius 1 is 1.06 bits per heavy atom. The smallest absolute Gasteiger partial charge is 0.376 e. The van der Waals surface area contributed by atoms with Gasteiger partial charge in [-0.2, -0.15) is 10.1 Å². The van der Waals surface area contributed by atoms with E-state index < -0.39 is 6.09 Å². The van der Waals surface area contributed by atoms with Crippen LogP contribution >= 0.6 is 0 Å². The Hall–Kier alpha value is -4.46. The third-order valence-electron chi connectivity index (χ3n) is 5.42. The van der Waals surface area contributed by atoms with Gasteiger partial charge in [0.25, 0.3) is 5.56 Å². The molecule has 32 heavy (non-hydrogen) atoms. The summed E-state index contributed by atoms with van der Waals surface area (Å²) in [5, 5.41) is 8.36. The van der Waals surface area contributed by atoms with E-state index in [0.29, 0.717) is 17.3 Å². The van der Waals surface area contributed by atoms with Gasteiger partial charge < -0.3 is 15.5 Å². The summed E-state index contributed by atoms with van der Waals surface area (Å²) in [7, 11) is 0. The van der Waals surface area contributed by atoms with Crippen LogP contribution in [0.5, 0.6) is 6.01 Å². The molecular weight excluding hydrogens is 406 g/mol. The first-order valence-corrected chi connectivity index (χ1v) is 10.0. The molecule has 0 saturated heterocycles. The number of fused-ring (bicyclic) bond motifs is 2. The van der Waals surface area contributed by atoms with E-state index >= 15 is 0 Å². The van der Waals surface area contributed by atoms with Crippen LogP contribution in [0.3, 0.4) is 0 Å². The number of aryl methyl sites for hydroxylation is 1. The lowest BCUT2D eigenvalue weighted by atomic mass is 9.95. The molecule has 0 atom stereocenters. The SMILES string of the molecule is Cc1ccc(Cc2n[nH]c(=O)c3ccccc23)cc1-c1ccc2nc(OC(N)=O)[nH]c2c1. The van der Waals surface area contributed by atoms with Crippen LogP contribution in [0.15, 0.2) is 65.5 Å². The minimum atomic E-state index is -0.920. The van der Waals surface area contributed by atoms with E-state index in [1.54, 1.807) is 6.07 Å². The van der Waals surface area contributed by atoms with E-state index in [0.717, 1.165) is 38.9 Å². The quantitative estimate of drug-likeness (QED) is 0.403. The number of nitrogens with zero attached hydrogens (tertiary/aromatic N) is 2. The second-order valence-electron chi connectivity index (χ2n) is 7.57. The van der Waals surface area contributed by atoms with Gasteiger partial charge in [-0.1, -0.05) is 42.5 Å². The number of imidazole rings is 1. The zero-order valence-electron chi connectivity index (χ0n) is 17.2. The van der Waals surface area contributed by atoms with Crippen molar-refractivity contribution in [3.8, 4) is 17.1 Å².